The first-order valence-corrected chi connectivity index (χ1v) is 27.7. The van der Waals surface area contributed by atoms with E-state index in [0.717, 1.165) is 55.8 Å². The van der Waals surface area contributed by atoms with Gasteiger partial charge in [0.2, 0.25) is 0 Å². The van der Waals surface area contributed by atoms with E-state index in [1.807, 2.05) is 11.3 Å². The molecule has 0 N–H and O–H groups in total. The first-order chi connectivity index (χ1) is 38.7. The second-order valence-electron chi connectivity index (χ2n) is 21.0. The van der Waals surface area contributed by atoms with E-state index >= 15 is 0 Å². The van der Waals surface area contributed by atoms with Crippen LogP contribution in [0.3, 0.4) is 0 Å². The van der Waals surface area contributed by atoms with Gasteiger partial charge in [0, 0.05) is 70.4 Å². The Kier molecular flexibility index (Phi) is 8.60. The number of anilines is 3. The molecule has 0 spiro atoms. The first-order valence-electron chi connectivity index (χ1n) is 26.9. The fourth-order valence-electron chi connectivity index (χ4n) is 13.9. The number of fused-ring (bicyclic) bond motifs is 17. The number of thiophene rings is 1. The molecule has 2 aliphatic heterocycles. The Hall–Kier alpha value is -9.88. The van der Waals surface area contributed by atoms with Gasteiger partial charge in [0.1, 0.15) is 5.58 Å². The van der Waals surface area contributed by atoms with E-state index < -0.39 is 0 Å². The number of hydrogen-bond acceptors (Lipinski definition) is 3. The maximum absolute atomic E-state index is 7.28. The second-order valence-corrected chi connectivity index (χ2v) is 22.1. The number of nitrogens with zero attached hydrogens (tertiary/aromatic N) is 3. The van der Waals surface area contributed by atoms with E-state index in [0.29, 0.717) is 0 Å². The Bertz CT molecular complexity index is 5170. The van der Waals surface area contributed by atoms with E-state index in [9.17, 15) is 0 Å². The van der Waals surface area contributed by atoms with Crippen LogP contribution in [0, 0.1) is 0 Å². The molecule has 0 saturated carbocycles. The molecule has 78 heavy (non-hydrogen) atoms. The van der Waals surface area contributed by atoms with Crippen LogP contribution in [0.25, 0.3) is 130 Å². The summed E-state index contributed by atoms with van der Waals surface area (Å²) in [4.78, 5) is 2.60. The molecule has 0 unspecified atom stereocenters. The molecule has 12 aromatic carbocycles. The standard InChI is InChI=1S/C72H42BN3OS/c1-4-18-43(19-5-1)46-32-34-52-55-37-35-48(44-20-6-2-7-21-44)66-68(55)76(62(52)40-46)70-67-63(42-57-54-27-13-17-31-65(54)78-72(57)70)75(69-49(45-22-8-3-9-23-45)36-38-56-53-26-12-16-30-64(53)77-71(56)69)61-39-33-47(41-58(61)73(66)67)74-59-28-14-10-24-50(59)51-25-11-15-29-60(51)74/h1-42H. The van der Waals surface area contributed by atoms with Crippen molar-refractivity contribution in [2.45, 2.75) is 0 Å². The topological polar surface area (TPSA) is 26.2 Å². The van der Waals surface area contributed by atoms with Crippen LogP contribution in [-0.2, 0) is 0 Å². The molecule has 16 aromatic rings. The van der Waals surface area contributed by atoms with Crippen molar-refractivity contribution in [1.82, 2.24) is 9.13 Å². The normalized spacial score (nSPS) is 12.8. The lowest BCUT2D eigenvalue weighted by Gasteiger charge is -2.42. The van der Waals surface area contributed by atoms with E-state index in [1.165, 1.54) is 108 Å². The molecule has 0 bridgehead atoms. The smallest absolute Gasteiger partial charge is 0.253 e. The lowest BCUT2D eigenvalue weighted by Crippen LogP contribution is -2.61. The number of furan rings is 1. The highest BCUT2D eigenvalue weighted by atomic mass is 32.1. The molecule has 0 amide bonds. The maximum Gasteiger partial charge on any atom is 0.253 e. The molecule has 360 valence electrons. The Balaban J connectivity index is 1.07. The Morgan fingerprint density at radius 2 is 0.962 bits per heavy atom. The lowest BCUT2D eigenvalue weighted by molar-refractivity contribution is 0.669. The van der Waals surface area contributed by atoms with Crippen molar-refractivity contribution >= 4 is 137 Å². The fraction of sp³-hybridized carbons (Fsp3) is 0. The van der Waals surface area contributed by atoms with Gasteiger partial charge in [-0.1, -0.05) is 194 Å². The van der Waals surface area contributed by atoms with Crippen LogP contribution in [0.4, 0.5) is 17.1 Å². The van der Waals surface area contributed by atoms with Gasteiger partial charge in [-0.3, -0.25) is 0 Å². The summed E-state index contributed by atoms with van der Waals surface area (Å²) in [7, 11) is 0. The minimum atomic E-state index is -0.191. The summed E-state index contributed by atoms with van der Waals surface area (Å²) in [6, 6.07) is 94.6. The third kappa shape index (κ3) is 5.68. The SMILES string of the molecule is c1ccc(-c2ccc3c4ccc(-c5ccccc5)c5c4n(c3c2)-c2c3c(cc4c2sc2ccccc24)N(c2c(-c4ccccc4)ccc4c2oc2ccccc24)c2ccc(-n4c6ccccc6c6ccccc64)cc2B35)cc1. The predicted molar refractivity (Wildman–Crippen MR) is 331 cm³/mol. The first kappa shape index (κ1) is 42.4. The van der Waals surface area contributed by atoms with Crippen LogP contribution >= 0.6 is 11.3 Å². The highest BCUT2D eigenvalue weighted by molar-refractivity contribution is 7.26. The molecule has 18 rings (SSSR count). The molecule has 2 aliphatic rings. The second kappa shape index (κ2) is 15.8. The predicted octanol–water partition coefficient (Wildman–Crippen LogP) is 17.8. The van der Waals surface area contributed by atoms with Gasteiger partial charge in [-0.25, -0.2) is 0 Å². The van der Waals surface area contributed by atoms with Crippen molar-refractivity contribution in [3.8, 4) is 44.8 Å². The van der Waals surface area contributed by atoms with Crippen molar-refractivity contribution < 1.29 is 4.42 Å². The van der Waals surface area contributed by atoms with E-state index in [1.54, 1.807) is 0 Å². The zero-order valence-corrected chi connectivity index (χ0v) is 42.8. The summed E-state index contributed by atoms with van der Waals surface area (Å²) in [6.45, 7) is -0.191. The van der Waals surface area contributed by atoms with E-state index in [-0.39, 0.29) is 6.71 Å². The number of para-hydroxylation sites is 3. The molecule has 4 aromatic heterocycles. The van der Waals surface area contributed by atoms with Gasteiger partial charge in [0.25, 0.3) is 6.71 Å². The minimum absolute atomic E-state index is 0.191. The average Bonchev–Trinajstić information content (AvgIpc) is 4.43. The largest absolute Gasteiger partial charge is 0.454 e. The molecule has 6 heterocycles. The summed E-state index contributed by atoms with van der Waals surface area (Å²) in [5.41, 5.74) is 23.1. The molecule has 6 heteroatoms. The molecule has 0 saturated heterocycles. The van der Waals surface area contributed by atoms with Crippen LogP contribution in [0.1, 0.15) is 0 Å². The average molecular weight is 1010 g/mol. The molecule has 0 aliphatic carbocycles. The van der Waals surface area contributed by atoms with Crippen molar-refractivity contribution in [3.05, 3.63) is 255 Å². The number of benzene rings is 12. The van der Waals surface area contributed by atoms with Gasteiger partial charge in [-0.2, -0.15) is 0 Å². The Morgan fingerprint density at radius 3 is 1.72 bits per heavy atom. The van der Waals surface area contributed by atoms with Crippen LogP contribution in [-0.4, -0.2) is 15.8 Å². The van der Waals surface area contributed by atoms with Gasteiger partial charge in [0.05, 0.1) is 38.1 Å². The summed E-state index contributed by atoms with van der Waals surface area (Å²) in [6.07, 6.45) is 0. The summed E-state index contributed by atoms with van der Waals surface area (Å²) >= 11 is 1.92. The van der Waals surface area contributed by atoms with Gasteiger partial charge in [-0.15, -0.1) is 11.3 Å². The molecule has 0 fully saturated rings. The van der Waals surface area contributed by atoms with E-state index in [4.69, 9.17) is 4.42 Å². The lowest BCUT2D eigenvalue weighted by atomic mass is 9.33. The quantitative estimate of drug-likeness (QED) is 0.161. The Labute approximate surface area is 452 Å². The van der Waals surface area contributed by atoms with Crippen molar-refractivity contribution in [1.29, 1.82) is 0 Å². The minimum Gasteiger partial charge on any atom is -0.454 e. The highest BCUT2D eigenvalue weighted by Gasteiger charge is 2.46. The zero-order chi connectivity index (χ0) is 50.7. The summed E-state index contributed by atoms with van der Waals surface area (Å²) < 4.78 is 15.0. The number of aromatic nitrogens is 2. The zero-order valence-electron chi connectivity index (χ0n) is 42.0. The van der Waals surface area contributed by atoms with Gasteiger partial charge >= 0.3 is 0 Å². The van der Waals surface area contributed by atoms with Crippen molar-refractivity contribution in [2.75, 3.05) is 4.90 Å². The fourth-order valence-corrected chi connectivity index (χ4v) is 15.1. The van der Waals surface area contributed by atoms with E-state index in [2.05, 4.69) is 269 Å². The highest BCUT2D eigenvalue weighted by Crippen LogP contribution is 2.53. The third-order valence-electron chi connectivity index (χ3n) is 17.1. The maximum atomic E-state index is 7.28. The van der Waals surface area contributed by atoms with Crippen LogP contribution < -0.4 is 21.3 Å². The monoisotopic (exact) mass is 1010 g/mol. The molecular formula is C72H42BN3OS. The Morgan fingerprint density at radius 1 is 0.359 bits per heavy atom. The van der Waals surface area contributed by atoms with Crippen LogP contribution in [0.2, 0.25) is 0 Å². The van der Waals surface area contributed by atoms with Crippen LogP contribution in [0.15, 0.2) is 259 Å². The molecule has 4 nitrogen and oxygen atoms in total. The third-order valence-corrected chi connectivity index (χ3v) is 18.3. The van der Waals surface area contributed by atoms with Crippen molar-refractivity contribution in [2.24, 2.45) is 0 Å². The van der Waals surface area contributed by atoms with Gasteiger partial charge < -0.3 is 18.5 Å². The van der Waals surface area contributed by atoms with Gasteiger partial charge in [0.15, 0.2) is 5.58 Å². The number of rotatable bonds is 5. The van der Waals surface area contributed by atoms with Crippen molar-refractivity contribution in [3.63, 3.8) is 0 Å². The van der Waals surface area contributed by atoms with Gasteiger partial charge in [-0.05, 0) is 105 Å². The molecular weight excluding hydrogens is 966 g/mol. The number of hydrogen-bond donors (Lipinski definition) is 0. The molecule has 0 radical (unpaired) electrons. The van der Waals surface area contributed by atoms with Crippen LogP contribution in [0.5, 0.6) is 0 Å². The summed E-state index contributed by atoms with van der Waals surface area (Å²) in [5, 5.41) is 9.67. The molecule has 0 atom stereocenters. The summed E-state index contributed by atoms with van der Waals surface area (Å²) in [5.74, 6) is 0.